The molecule has 4 amide bonds. The average Bonchev–Trinajstić information content (AvgIpc) is 3.56. The number of aromatic hydroxyl groups is 1. The number of fused-ring (bicyclic) bond motifs is 4. The molecule has 4 aliphatic rings. The molecule has 2 N–H and O–H groups in total. The van der Waals surface area contributed by atoms with Crippen LogP contribution in [-0.4, -0.2) is 51.6 Å². The summed E-state index contributed by atoms with van der Waals surface area (Å²) >= 11 is 12.6. The van der Waals surface area contributed by atoms with Crippen molar-refractivity contribution in [3.05, 3.63) is 123 Å². The van der Waals surface area contributed by atoms with E-state index in [4.69, 9.17) is 27.9 Å². The van der Waals surface area contributed by atoms with E-state index < -0.39 is 81.2 Å². The largest absolute Gasteiger partial charge is 0.508 e. The second-order valence-corrected chi connectivity index (χ2v) is 15.3. The molecule has 3 heterocycles. The zero-order valence-electron chi connectivity index (χ0n) is 30.0. The van der Waals surface area contributed by atoms with Crippen molar-refractivity contribution in [2.24, 2.45) is 23.7 Å². The predicted octanol–water partition coefficient (Wildman–Crippen LogP) is 7.51. The third kappa shape index (κ3) is 5.79. The number of nitrogens with zero attached hydrogens (tertiary/aromatic N) is 3. The number of benzene rings is 3. The van der Waals surface area contributed by atoms with E-state index in [1.54, 1.807) is 24.3 Å². The number of alkyl halides is 3. The first-order chi connectivity index (χ1) is 27.1. The molecule has 0 spiro atoms. The molecule has 3 aromatic carbocycles. The van der Waals surface area contributed by atoms with Crippen LogP contribution < -0.4 is 15.1 Å². The van der Waals surface area contributed by atoms with Gasteiger partial charge < -0.3 is 9.84 Å². The van der Waals surface area contributed by atoms with E-state index in [1.807, 2.05) is 0 Å². The molecule has 11 nitrogen and oxygen atoms in total. The first kappa shape index (κ1) is 38.2. The van der Waals surface area contributed by atoms with E-state index in [9.17, 15) is 37.5 Å². The number of hydrogen-bond donors (Lipinski definition) is 2. The van der Waals surface area contributed by atoms with Crippen LogP contribution in [0.2, 0.25) is 10.0 Å². The molecule has 8 rings (SSSR count). The van der Waals surface area contributed by atoms with Crippen molar-refractivity contribution in [1.29, 1.82) is 0 Å². The number of ketones is 1. The van der Waals surface area contributed by atoms with Crippen LogP contribution in [0.5, 0.6) is 11.5 Å². The number of amides is 4. The lowest BCUT2D eigenvalue weighted by molar-refractivity contribution is -0.139. The van der Waals surface area contributed by atoms with Crippen molar-refractivity contribution in [2.45, 2.75) is 37.3 Å². The quantitative estimate of drug-likeness (QED) is 0.110. The van der Waals surface area contributed by atoms with Crippen LogP contribution in [0.3, 0.4) is 0 Å². The summed E-state index contributed by atoms with van der Waals surface area (Å²) in [4.78, 5) is 75.8. The number of methoxy groups -OCH3 is 1. The number of aromatic nitrogens is 1. The Hall–Kier alpha value is -5.73. The Kier molecular flexibility index (Phi) is 9.19. The van der Waals surface area contributed by atoms with Gasteiger partial charge in [-0.3, -0.25) is 34.3 Å². The van der Waals surface area contributed by atoms with E-state index in [2.05, 4.69) is 10.4 Å². The maximum atomic E-state index is 15.4. The molecule has 2 aliphatic carbocycles. The number of ether oxygens (including phenoxy) is 1. The number of carbonyl (C=O) groups is 5. The Balaban J connectivity index is 1.32. The highest BCUT2D eigenvalue weighted by atomic mass is 35.5. The predicted molar refractivity (Wildman–Crippen MR) is 200 cm³/mol. The number of imide groups is 2. The number of hydrogen-bond acceptors (Lipinski definition) is 9. The summed E-state index contributed by atoms with van der Waals surface area (Å²) in [5, 5.41) is 12.1. The number of pyridine rings is 1. The second-order valence-electron chi connectivity index (χ2n) is 14.4. The molecular formula is C41H31Cl2F3N4O7. The summed E-state index contributed by atoms with van der Waals surface area (Å²) in [7, 11) is 1.37. The fourth-order valence-corrected chi connectivity index (χ4v) is 9.53. The molecular weight excluding hydrogens is 788 g/mol. The Labute approximate surface area is 333 Å². The van der Waals surface area contributed by atoms with Gasteiger partial charge in [0, 0.05) is 28.3 Å². The standard InChI is InChI=1S/C41H31Cl2F3N4O7/c1-19(51)20-6-12-24(13-7-20)49-36(53)26-15-14-25-27(32(26)38(49)55)17-28-37(54)50(48-35-29(43)16-22(18-47-35)41(44,45)46)39(56)40(28,21-8-10-23(42)11-9-21)34(25)33-30(52)4-3-5-31(33)57-2/h3-14,16,18,26-28,32,34,52H,15,17H2,1-2H3,(H,47,48). The topological polar surface area (TPSA) is 146 Å². The molecule has 3 fully saturated rings. The molecule has 292 valence electrons. The van der Waals surface area contributed by atoms with Gasteiger partial charge in [0.25, 0.3) is 11.8 Å². The van der Waals surface area contributed by atoms with Gasteiger partial charge in [0.05, 0.1) is 46.6 Å². The molecule has 6 atom stereocenters. The number of Topliss-reactive ketones (excluding diaryl/α,β-unsaturated/α-hetero) is 1. The van der Waals surface area contributed by atoms with Crippen LogP contribution in [0.15, 0.2) is 90.6 Å². The maximum Gasteiger partial charge on any atom is 0.417 e. The monoisotopic (exact) mass is 818 g/mol. The Morgan fingerprint density at radius 1 is 0.965 bits per heavy atom. The third-order valence-corrected chi connectivity index (χ3v) is 12.2. The van der Waals surface area contributed by atoms with Gasteiger partial charge in [-0.15, -0.1) is 0 Å². The number of rotatable bonds is 7. The summed E-state index contributed by atoms with van der Waals surface area (Å²) in [5.74, 6) is -8.57. The van der Waals surface area contributed by atoms with Crippen molar-refractivity contribution < 1.29 is 47.0 Å². The van der Waals surface area contributed by atoms with Gasteiger partial charge in [-0.25, -0.2) is 4.98 Å². The molecule has 1 saturated carbocycles. The number of anilines is 2. The van der Waals surface area contributed by atoms with Gasteiger partial charge in [0.15, 0.2) is 11.6 Å². The van der Waals surface area contributed by atoms with E-state index in [0.29, 0.717) is 39.0 Å². The zero-order chi connectivity index (χ0) is 40.7. The number of nitrogens with one attached hydrogen (secondary N) is 1. The minimum absolute atomic E-state index is 0.0755. The maximum absolute atomic E-state index is 15.4. The fraction of sp³-hybridized carbons (Fsp3) is 0.268. The number of hydrazine groups is 1. The van der Waals surface area contributed by atoms with Crippen molar-refractivity contribution >= 4 is 64.1 Å². The number of allylic oxidation sites excluding steroid dienone is 2. The summed E-state index contributed by atoms with van der Waals surface area (Å²) < 4.78 is 46.3. The minimum Gasteiger partial charge on any atom is -0.508 e. The normalized spacial score (nSPS) is 25.5. The highest BCUT2D eigenvalue weighted by Gasteiger charge is 2.71. The Morgan fingerprint density at radius 3 is 2.30 bits per heavy atom. The van der Waals surface area contributed by atoms with E-state index in [0.717, 1.165) is 4.90 Å². The number of phenols is 1. The van der Waals surface area contributed by atoms with Crippen molar-refractivity contribution in [3.8, 4) is 11.5 Å². The first-order valence-electron chi connectivity index (χ1n) is 17.8. The van der Waals surface area contributed by atoms with Gasteiger partial charge >= 0.3 is 6.18 Å². The number of halogens is 5. The number of carbonyl (C=O) groups excluding carboxylic acids is 5. The SMILES string of the molecule is COc1cccc(O)c1C1C2=CCC3C(=O)N(c4ccc(C(C)=O)cc4)C(=O)C3C2CC2C(=O)N(Nc3ncc(C(F)(F)F)cc3Cl)C(=O)C21c1ccc(Cl)cc1. The van der Waals surface area contributed by atoms with Gasteiger partial charge in [-0.1, -0.05) is 53.1 Å². The van der Waals surface area contributed by atoms with E-state index >= 15 is 4.79 Å². The van der Waals surface area contributed by atoms with Crippen LogP contribution >= 0.6 is 23.2 Å². The molecule has 2 saturated heterocycles. The van der Waals surface area contributed by atoms with E-state index in [1.165, 1.54) is 62.6 Å². The smallest absolute Gasteiger partial charge is 0.417 e. The van der Waals surface area contributed by atoms with Crippen LogP contribution in [0, 0.1) is 23.7 Å². The zero-order valence-corrected chi connectivity index (χ0v) is 31.5. The van der Waals surface area contributed by atoms with Crippen molar-refractivity contribution in [3.63, 3.8) is 0 Å². The van der Waals surface area contributed by atoms with Crippen LogP contribution in [0.1, 0.15) is 52.7 Å². The van der Waals surface area contributed by atoms with Gasteiger partial charge in [-0.2, -0.15) is 18.2 Å². The third-order valence-electron chi connectivity index (χ3n) is 11.6. The molecule has 2 aliphatic heterocycles. The lowest BCUT2D eigenvalue weighted by Crippen LogP contribution is -2.53. The summed E-state index contributed by atoms with van der Waals surface area (Å²) in [6.45, 7) is 1.40. The van der Waals surface area contributed by atoms with E-state index in [-0.39, 0.29) is 41.4 Å². The average molecular weight is 820 g/mol. The Bertz CT molecular complexity index is 2420. The molecule has 6 unspecified atom stereocenters. The molecule has 0 radical (unpaired) electrons. The summed E-state index contributed by atoms with van der Waals surface area (Å²) in [5.41, 5.74) is 1.14. The molecule has 4 aromatic rings. The van der Waals surface area contributed by atoms with Crippen molar-refractivity contribution in [2.75, 3.05) is 17.4 Å². The molecule has 16 heteroatoms. The molecule has 57 heavy (non-hydrogen) atoms. The van der Waals surface area contributed by atoms with Crippen LogP contribution in [-0.2, 0) is 30.8 Å². The lowest BCUT2D eigenvalue weighted by atomic mass is 9.49. The number of phenolic OH excluding ortho intramolecular Hbond substituents is 1. The minimum atomic E-state index is -4.78. The van der Waals surface area contributed by atoms with Crippen molar-refractivity contribution in [1.82, 2.24) is 9.99 Å². The van der Waals surface area contributed by atoms with Crippen LogP contribution in [0.4, 0.5) is 24.7 Å². The lowest BCUT2D eigenvalue weighted by Gasteiger charge is -2.50. The highest BCUT2D eigenvalue weighted by molar-refractivity contribution is 6.33. The highest BCUT2D eigenvalue weighted by Crippen LogP contribution is 2.66. The second kappa shape index (κ2) is 13.7. The van der Waals surface area contributed by atoms with Crippen LogP contribution in [0.25, 0.3) is 0 Å². The van der Waals surface area contributed by atoms with Gasteiger partial charge in [-0.05, 0) is 85.8 Å². The fourth-order valence-electron chi connectivity index (χ4n) is 9.20. The first-order valence-corrected chi connectivity index (χ1v) is 18.5. The van der Waals surface area contributed by atoms with Gasteiger partial charge in [0.1, 0.15) is 11.5 Å². The Morgan fingerprint density at radius 2 is 1.67 bits per heavy atom. The van der Waals surface area contributed by atoms with Gasteiger partial charge in [0.2, 0.25) is 11.8 Å². The molecule has 0 bridgehead atoms. The summed E-state index contributed by atoms with van der Waals surface area (Å²) in [6, 6.07) is 17.4. The summed E-state index contributed by atoms with van der Waals surface area (Å²) in [6.07, 6.45) is -2.54. The molecule has 1 aromatic heterocycles.